The van der Waals surface area contributed by atoms with Crippen molar-refractivity contribution in [3.05, 3.63) is 51.3 Å². The summed E-state index contributed by atoms with van der Waals surface area (Å²) in [5.74, 6) is -1.11. The van der Waals surface area contributed by atoms with E-state index < -0.39 is 11.6 Å². The predicted octanol–water partition coefficient (Wildman–Crippen LogP) is 2.88. The molecule has 20 heavy (non-hydrogen) atoms. The van der Waals surface area contributed by atoms with Crippen LogP contribution in [-0.4, -0.2) is 15.8 Å². The van der Waals surface area contributed by atoms with Crippen molar-refractivity contribution in [2.45, 2.75) is 25.8 Å². The first-order valence-electron chi connectivity index (χ1n) is 6.26. The molecule has 0 fully saturated rings. The molecule has 2 rings (SSSR count). The number of hydrogen-bond acceptors (Lipinski definition) is 2. The van der Waals surface area contributed by atoms with Gasteiger partial charge in [-0.1, -0.05) is 6.07 Å². The highest BCUT2D eigenvalue weighted by atomic mass is 79.9. The number of halogens is 3. The van der Waals surface area contributed by atoms with Gasteiger partial charge in [-0.05, 0) is 41.4 Å². The standard InChI is InChI=1S/C14H16BrF2N3/c1-8-14(15)13(20(2)19-8)7-9(18)6-10-11(16)4-3-5-12(10)17/h3-5,9H,6-7,18H2,1-2H3. The summed E-state index contributed by atoms with van der Waals surface area (Å²) in [6, 6.07) is 3.46. The van der Waals surface area contributed by atoms with Gasteiger partial charge in [0.15, 0.2) is 0 Å². The summed E-state index contributed by atoms with van der Waals surface area (Å²) in [7, 11) is 1.82. The van der Waals surface area contributed by atoms with Crippen LogP contribution < -0.4 is 5.73 Å². The van der Waals surface area contributed by atoms with Gasteiger partial charge in [-0.2, -0.15) is 5.10 Å². The summed E-state index contributed by atoms with van der Waals surface area (Å²) in [5, 5.41) is 4.27. The zero-order valence-electron chi connectivity index (χ0n) is 11.3. The summed E-state index contributed by atoms with van der Waals surface area (Å²) in [4.78, 5) is 0. The summed E-state index contributed by atoms with van der Waals surface area (Å²) < 4.78 is 29.8. The Kier molecular flexibility index (Phi) is 4.55. The van der Waals surface area contributed by atoms with Crippen LogP contribution in [-0.2, 0) is 19.9 Å². The molecular weight excluding hydrogens is 328 g/mol. The Bertz CT molecular complexity index is 605. The van der Waals surface area contributed by atoms with Gasteiger partial charge in [0.25, 0.3) is 0 Å². The maximum Gasteiger partial charge on any atom is 0.129 e. The van der Waals surface area contributed by atoms with Gasteiger partial charge in [0, 0.05) is 25.1 Å². The van der Waals surface area contributed by atoms with Crippen LogP contribution in [0.3, 0.4) is 0 Å². The molecule has 1 heterocycles. The molecule has 1 unspecified atom stereocenters. The smallest absolute Gasteiger partial charge is 0.129 e. The summed E-state index contributed by atoms with van der Waals surface area (Å²) >= 11 is 3.46. The molecule has 0 aliphatic heterocycles. The van der Waals surface area contributed by atoms with E-state index in [1.165, 1.54) is 18.2 Å². The average molecular weight is 344 g/mol. The van der Waals surface area contributed by atoms with Gasteiger partial charge in [-0.3, -0.25) is 4.68 Å². The molecular formula is C14H16BrF2N3. The minimum atomic E-state index is -0.555. The van der Waals surface area contributed by atoms with Crippen molar-refractivity contribution in [1.29, 1.82) is 0 Å². The van der Waals surface area contributed by atoms with Gasteiger partial charge in [-0.15, -0.1) is 0 Å². The monoisotopic (exact) mass is 343 g/mol. The number of aryl methyl sites for hydroxylation is 2. The predicted molar refractivity (Wildman–Crippen MR) is 77.4 cm³/mol. The van der Waals surface area contributed by atoms with Crippen LogP contribution in [0.2, 0.25) is 0 Å². The van der Waals surface area contributed by atoms with Gasteiger partial charge in [-0.25, -0.2) is 8.78 Å². The van der Waals surface area contributed by atoms with E-state index in [9.17, 15) is 8.78 Å². The van der Waals surface area contributed by atoms with E-state index in [2.05, 4.69) is 21.0 Å². The fourth-order valence-electron chi connectivity index (χ4n) is 2.21. The lowest BCUT2D eigenvalue weighted by Gasteiger charge is -2.13. The molecule has 1 aromatic carbocycles. The zero-order valence-corrected chi connectivity index (χ0v) is 12.9. The minimum absolute atomic E-state index is 0.0370. The molecule has 3 nitrogen and oxygen atoms in total. The number of hydrogen-bond donors (Lipinski definition) is 1. The largest absolute Gasteiger partial charge is 0.327 e. The van der Waals surface area contributed by atoms with Gasteiger partial charge in [0.05, 0.1) is 15.9 Å². The molecule has 0 saturated heterocycles. The van der Waals surface area contributed by atoms with E-state index >= 15 is 0 Å². The number of aromatic nitrogens is 2. The second-order valence-corrected chi connectivity index (χ2v) is 5.63. The third-order valence-electron chi connectivity index (χ3n) is 3.25. The van der Waals surface area contributed by atoms with Gasteiger partial charge >= 0.3 is 0 Å². The molecule has 1 atom stereocenters. The molecule has 2 aromatic rings. The van der Waals surface area contributed by atoms with Gasteiger partial charge in [0.1, 0.15) is 11.6 Å². The van der Waals surface area contributed by atoms with Crippen LogP contribution in [0.1, 0.15) is 17.0 Å². The Hall–Kier alpha value is -1.27. The molecule has 0 spiro atoms. The second kappa shape index (κ2) is 6.01. The fraction of sp³-hybridized carbons (Fsp3) is 0.357. The van der Waals surface area contributed by atoms with Crippen molar-refractivity contribution in [1.82, 2.24) is 9.78 Å². The normalized spacial score (nSPS) is 12.7. The molecule has 0 aliphatic carbocycles. The number of rotatable bonds is 4. The molecule has 108 valence electrons. The van der Waals surface area contributed by atoms with Crippen molar-refractivity contribution < 1.29 is 8.78 Å². The second-order valence-electron chi connectivity index (χ2n) is 4.84. The Morgan fingerprint density at radius 3 is 2.40 bits per heavy atom. The van der Waals surface area contributed by atoms with Crippen molar-refractivity contribution in [3.63, 3.8) is 0 Å². The molecule has 0 amide bonds. The SMILES string of the molecule is Cc1nn(C)c(CC(N)Cc2c(F)cccc2F)c1Br. The van der Waals surface area contributed by atoms with E-state index in [1.807, 2.05) is 14.0 Å². The summed E-state index contributed by atoms with van der Waals surface area (Å²) in [6.45, 7) is 1.88. The van der Waals surface area contributed by atoms with Crippen LogP contribution in [0.5, 0.6) is 0 Å². The van der Waals surface area contributed by atoms with Crippen molar-refractivity contribution >= 4 is 15.9 Å². The van der Waals surface area contributed by atoms with Crippen molar-refractivity contribution in [2.24, 2.45) is 12.8 Å². The van der Waals surface area contributed by atoms with E-state index in [-0.39, 0.29) is 18.0 Å². The van der Waals surface area contributed by atoms with Gasteiger partial charge < -0.3 is 5.73 Å². The van der Waals surface area contributed by atoms with Crippen LogP contribution >= 0.6 is 15.9 Å². The molecule has 0 bridgehead atoms. The van der Waals surface area contributed by atoms with Crippen molar-refractivity contribution in [2.75, 3.05) is 0 Å². The lowest BCUT2D eigenvalue weighted by molar-refractivity contribution is 0.528. The number of benzene rings is 1. The molecule has 6 heteroatoms. The molecule has 2 N–H and O–H groups in total. The Labute approximate surface area is 124 Å². The Balaban J connectivity index is 2.15. The highest BCUT2D eigenvalue weighted by Gasteiger charge is 2.17. The molecule has 0 aliphatic rings. The Morgan fingerprint density at radius 2 is 1.90 bits per heavy atom. The number of nitrogens with zero attached hydrogens (tertiary/aromatic N) is 2. The lowest BCUT2D eigenvalue weighted by Crippen LogP contribution is -2.27. The first kappa shape index (κ1) is 15.1. The minimum Gasteiger partial charge on any atom is -0.327 e. The van der Waals surface area contributed by atoms with Crippen molar-refractivity contribution in [3.8, 4) is 0 Å². The quantitative estimate of drug-likeness (QED) is 0.927. The summed E-state index contributed by atoms with van der Waals surface area (Å²) in [5.41, 5.74) is 7.85. The third-order valence-corrected chi connectivity index (χ3v) is 4.28. The molecule has 0 saturated carbocycles. The lowest BCUT2D eigenvalue weighted by atomic mass is 10.0. The van der Waals surface area contributed by atoms with E-state index in [0.29, 0.717) is 6.42 Å². The zero-order chi connectivity index (χ0) is 14.9. The highest BCUT2D eigenvalue weighted by Crippen LogP contribution is 2.22. The van der Waals surface area contributed by atoms with E-state index in [4.69, 9.17) is 5.73 Å². The van der Waals surface area contributed by atoms with Crippen LogP contribution in [0, 0.1) is 18.6 Å². The number of nitrogens with two attached hydrogens (primary N) is 1. The maximum atomic E-state index is 13.6. The maximum absolute atomic E-state index is 13.6. The fourth-order valence-corrected chi connectivity index (χ4v) is 2.71. The molecule has 1 aromatic heterocycles. The van der Waals surface area contributed by atoms with Crippen LogP contribution in [0.25, 0.3) is 0 Å². The third kappa shape index (κ3) is 3.07. The first-order chi connectivity index (χ1) is 9.40. The average Bonchev–Trinajstić information content (AvgIpc) is 2.61. The van der Waals surface area contributed by atoms with Crippen LogP contribution in [0.4, 0.5) is 8.78 Å². The van der Waals surface area contributed by atoms with E-state index in [0.717, 1.165) is 15.9 Å². The topological polar surface area (TPSA) is 43.8 Å². The molecule has 0 radical (unpaired) electrons. The first-order valence-corrected chi connectivity index (χ1v) is 7.06. The van der Waals surface area contributed by atoms with E-state index in [1.54, 1.807) is 4.68 Å². The highest BCUT2D eigenvalue weighted by molar-refractivity contribution is 9.10. The van der Waals surface area contributed by atoms with Crippen LogP contribution in [0.15, 0.2) is 22.7 Å². The Morgan fingerprint density at radius 1 is 1.30 bits per heavy atom. The summed E-state index contributed by atoms with van der Waals surface area (Å²) in [6.07, 6.45) is 0.640. The van der Waals surface area contributed by atoms with Gasteiger partial charge in [0.2, 0.25) is 0 Å².